The third-order valence-corrected chi connectivity index (χ3v) is 11.0. The van der Waals surface area contributed by atoms with Gasteiger partial charge in [0.1, 0.15) is 6.61 Å². The Labute approximate surface area is 407 Å². The van der Waals surface area contributed by atoms with Gasteiger partial charge in [-0.2, -0.15) is 0 Å². The Morgan fingerprint density at radius 2 is 0.727 bits per heavy atom. The van der Waals surface area contributed by atoms with Crippen molar-refractivity contribution in [2.24, 2.45) is 0 Å². The average Bonchev–Trinajstić information content (AvgIpc) is 3.32. The summed E-state index contributed by atoms with van der Waals surface area (Å²) in [4.78, 5) is 25.4. The summed E-state index contributed by atoms with van der Waals surface area (Å²) in [5.41, 5.74) is 0. The van der Waals surface area contributed by atoms with E-state index in [1.54, 1.807) is 0 Å². The zero-order chi connectivity index (χ0) is 47.7. The van der Waals surface area contributed by atoms with Crippen molar-refractivity contribution in [3.05, 3.63) is 122 Å². The zero-order valence-corrected chi connectivity index (χ0v) is 42.9. The van der Waals surface area contributed by atoms with E-state index in [1.807, 2.05) is 12.2 Å². The minimum atomic E-state index is -0.595. The van der Waals surface area contributed by atoms with Gasteiger partial charge in [-0.05, 0) is 109 Å². The van der Waals surface area contributed by atoms with Gasteiger partial charge >= 0.3 is 11.9 Å². The molecule has 0 aromatic heterocycles. The molecule has 0 heterocycles. The molecule has 0 aliphatic rings. The molecule has 0 amide bonds. The topological polar surface area (TPSA) is 61.8 Å². The van der Waals surface area contributed by atoms with Crippen molar-refractivity contribution in [2.45, 2.75) is 232 Å². The van der Waals surface area contributed by atoms with Crippen LogP contribution in [0, 0.1) is 0 Å². The van der Waals surface area contributed by atoms with Crippen LogP contribution in [0.3, 0.4) is 0 Å². The Morgan fingerprint density at radius 3 is 1.17 bits per heavy atom. The summed E-state index contributed by atoms with van der Waals surface area (Å²) in [6.45, 7) is 7.44. The van der Waals surface area contributed by atoms with Crippen molar-refractivity contribution in [3.8, 4) is 0 Å². The van der Waals surface area contributed by atoms with Gasteiger partial charge in [0.2, 0.25) is 0 Å². The van der Waals surface area contributed by atoms with Gasteiger partial charge in [0.05, 0.1) is 13.0 Å². The molecule has 5 nitrogen and oxygen atoms in total. The molecule has 0 fully saturated rings. The molecule has 0 N–H and O–H groups in total. The molecule has 0 radical (unpaired) electrons. The average molecular weight is 913 g/mol. The fourth-order valence-corrected chi connectivity index (χ4v) is 7.04. The summed E-state index contributed by atoms with van der Waals surface area (Å²) in [7, 11) is 0. The maximum atomic E-state index is 12.8. The Kier molecular flexibility index (Phi) is 52.5. The van der Waals surface area contributed by atoms with E-state index in [0.717, 1.165) is 103 Å². The molecule has 0 rings (SSSR count). The number of unbranched alkanes of at least 4 members (excludes halogenated alkanes) is 18. The maximum absolute atomic E-state index is 12.8. The molecule has 0 bridgehead atoms. The molecule has 0 aromatic carbocycles. The van der Waals surface area contributed by atoms with Gasteiger partial charge in [-0.3, -0.25) is 9.59 Å². The fourth-order valence-electron chi connectivity index (χ4n) is 7.04. The number of esters is 2. The second-order valence-corrected chi connectivity index (χ2v) is 17.4. The number of carbonyl (C=O) groups is 2. The molecule has 374 valence electrons. The highest BCUT2D eigenvalue weighted by atomic mass is 16.6. The van der Waals surface area contributed by atoms with E-state index in [-0.39, 0.29) is 31.6 Å². The first-order valence-electron chi connectivity index (χ1n) is 27.1. The molecule has 0 aliphatic carbocycles. The van der Waals surface area contributed by atoms with Crippen LogP contribution in [0.1, 0.15) is 226 Å². The number of carbonyl (C=O) groups excluding carboxylic acids is 2. The Morgan fingerprint density at radius 1 is 0.364 bits per heavy atom. The SMILES string of the molecule is CC/C=C\C/C=C\C/C=C\C/C=C\C/C=C\CC(=O)OCC(COCCCCCCCCCCCC/C=C\C/C=C\CCCCC)OC(=O)CCCCCCC/C=C\C/C=C\C/C=C\CC. The van der Waals surface area contributed by atoms with Gasteiger partial charge in [-0.1, -0.05) is 226 Å². The van der Waals surface area contributed by atoms with Crippen LogP contribution in [0.2, 0.25) is 0 Å². The van der Waals surface area contributed by atoms with Crippen LogP contribution >= 0.6 is 0 Å². The first-order chi connectivity index (χ1) is 32.6. The molecule has 0 aliphatic heterocycles. The Hall–Kier alpha value is -3.70. The minimum absolute atomic E-state index is 0.0159. The molecule has 0 saturated heterocycles. The predicted molar refractivity (Wildman–Crippen MR) is 288 cm³/mol. The van der Waals surface area contributed by atoms with E-state index in [9.17, 15) is 9.59 Å². The predicted octanol–water partition coefficient (Wildman–Crippen LogP) is 18.6. The first kappa shape index (κ1) is 62.3. The van der Waals surface area contributed by atoms with Crippen molar-refractivity contribution in [2.75, 3.05) is 19.8 Å². The largest absolute Gasteiger partial charge is 0.461 e. The molecular weight excluding hydrogens is 813 g/mol. The van der Waals surface area contributed by atoms with Crippen LogP contribution < -0.4 is 0 Å². The second-order valence-electron chi connectivity index (χ2n) is 17.4. The second kappa shape index (κ2) is 55.6. The summed E-state index contributed by atoms with van der Waals surface area (Å²) in [6.07, 6.45) is 78.1. The van der Waals surface area contributed by atoms with Crippen LogP contribution in [-0.4, -0.2) is 37.9 Å². The van der Waals surface area contributed by atoms with Crippen LogP contribution in [0.25, 0.3) is 0 Å². The standard InChI is InChI=1S/C61H100O5/c1-4-7-10-13-16-19-22-25-28-29-30-31-32-35-38-41-44-47-50-53-56-64-57-59(66-61(63)55-52-49-46-43-40-37-34-27-24-21-18-15-12-9-6-3)58-65-60(62)54-51-48-45-42-39-36-33-26-23-20-17-14-11-8-5-2/h8-9,11-12,16-21,25-28,33-34,39,42,48,51,59H,4-7,10,13-15,22-24,29-32,35-38,40-41,43-47,49-50,52-58H2,1-3H3/b11-8-,12-9-,19-16-,20-17-,21-18-,28-25-,33-26-,34-27-,42-39-,51-48-. The van der Waals surface area contributed by atoms with Crippen LogP contribution in [0.15, 0.2) is 122 Å². The molecule has 0 aromatic rings. The lowest BCUT2D eigenvalue weighted by molar-refractivity contribution is -0.162. The van der Waals surface area contributed by atoms with Crippen molar-refractivity contribution in [1.82, 2.24) is 0 Å². The highest BCUT2D eigenvalue weighted by Gasteiger charge is 2.17. The summed E-state index contributed by atoms with van der Waals surface area (Å²) in [5, 5.41) is 0. The quantitative estimate of drug-likeness (QED) is 0.0346. The van der Waals surface area contributed by atoms with Gasteiger partial charge in [0.15, 0.2) is 6.10 Å². The van der Waals surface area contributed by atoms with Gasteiger partial charge in [0.25, 0.3) is 0 Å². The van der Waals surface area contributed by atoms with Crippen molar-refractivity contribution >= 4 is 11.9 Å². The highest BCUT2D eigenvalue weighted by molar-refractivity contribution is 5.71. The van der Waals surface area contributed by atoms with Gasteiger partial charge in [0, 0.05) is 13.0 Å². The zero-order valence-electron chi connectivity index (χ0n) is 42.9. The minimum Gasteiger partial charge on any atom is -0.461 e. The summed E-state index contributed by atoms with van der Waals surface area (Å²) < 4.78 is 17.3. The number of allylic oxidation sites excluding steroid dienone is 19. The van der Waals surface area contributed by atoms with Crippen molar-refractivity contribution in [3.63, 3.8) is 0 Å². The lowest BCUT2D eigenvalue weighted by Crippen LogP contribution is -2.30. The van der Waals surface area contributed by atoms with Crippen LogP contribution in [0.4, 0.5) is 0 Å². The van der Waals surface area contributed by atoms with E-state index < -0.39 is 6.10 Å². The van der Waals surface area contributed by atoms with E-state index in [4.69, 9.17) is 14.2 Å². The van der Waals surface area contributed by atoms with Crippen LogP contribution in [0.5, 0.6) is 0 Å². The molecule has 0 saturated carbocycles. The smallest absolute Gasteiger partial charge is 0.309 e. The maximum Gasteiger partial charge on any atom is 0.309 e. The molecule has 1 atom stereocenters. The summed E-state index contributed by atoms with van der Waals surface area (Å²) >= 11 is 0. The highest BCUT2D eigenvalue weighted by Crippen LogP contribution is 2.13. The monoisotopic (exact) mass is 913 g/mol. The lowest BCUT2D eigenvalue weighted by Gasteiger charge is -2.18. The van der Waals surface area contributed by atoms with E-state index in [1.165, 1.54) is 89.9 Å². The number of ether oxygens (including phenoxy) is 3. The third-order valence-electron chi connectivity index (χ3n) is 11.0. The molecular formula is C61H100O5. The number of rotatable bonds is 48. The molecule has 66 heavy (non-hydrogen) atoms. The van der Waals surface area contributed by atoms with Crippen molar-refractivity contribution in [1.29, 1.82) is 0 Å². The van der Waals surface area contributed by atoms with E-state index >= 15 is 0 Å². The molecule has 5 heteroatoms. The van der Waals surface area contributed by atoms with Gasteiger partial charge in [-0.25, -0.2) is 0 Å². The Balaban J connectivity index is 4.41. The number of hydrogen-bond acceptors (Lipinski definition) is 5. The Bertz CT molecular complexity index is 1350. The lowest BCUT2D eigenvalue weighted by atomic mass is 10.1. The molecule has 0 spiro atoms. The van der Waals surface area contributed by atoms with E-state index in [0.29, 0.717) is 13.0 Å². The van der Waals surface area contributed by atoms with Crippen molar-refractivity contribution < 1.29 is 23.8 Å². The molecule has 1 unspecified atom stereocenters. The summed E-state index contributed by atoms with van der Waals surface area (Å²) in [6, 6.07) is 0. The number of hydrogen-bond donors (Lipinski definition) is 0. The van der Waals surface area contributed by atoms with E-state index in [2.05, 4.69) is 130 Å². The van der Waals surface area contributed by atoms with Gasteiger partial charge < -0.3 is 14.2 Å². The van der Waals surface area contributed by atoms with Crippen LogP contribution in [-0.2, 0) is 23.8 Å². The first-order valence-corrected chi connectivity index (χ1v) is 27.1. The summed E-state index contributed by atoms with van der Waals surface area (Å²) in [5.74, 6) is -0.570. The normalized spacial score (nSPS) is 13.2. The van der Waals surface area contributed by atoms with Gasteiger partial charge in [-0.15, -0.1) is 0 Å². The fraction of sp³-hybridized carbons (Fsp3) is 0.639. The third kappa shape index (κ3) is 52.9.